The first-order chi connectivity index (χ1) is 12.3. The van der Waals surface area contributed by atoms with Crippen molar-refractivity contribution in [2.75, 3.05) is 0 Å². The summed E-state index contributed by atoms with van der Waals surface area (Å²) in [7, 11) is 0. The molecular formula is C20H15N3OS. The number of rotatable bonds is 5. The van der Waals surface area contributed by atoms with Crippen molar-refractivity contribution in [2.24, 2.45) is 0 Å². The summed E-state index contributed by atoms with van der Waals surface area (Å²) in [5, 5.41) is 8.76. The van der Waals surface area contributed by atoms with Crippen molar-refractivity contribution in [2.45, 2.75) is 10.4 Å². The lowest BCUT2D eigenvalue weighted by Gasteiger charge is -2.15. The van der Waals surface area contributed by atoms with Gasteiger partial charge in [-0.05, 0) is 17.7 Å². The molecule has 0 bridgehead atoms. The number of hydrogen-bond acceptors (Lipinski definition) is 4. The lowest BCUT2D eigenvalue weighted by molar-refractivity contribution is 0.0989. The summed E-state index contributed by atoms with van der Waals surface area (Å²) in [4.78, 5) is 13.1. The second kappa shape index (κ2) is 6.91. The van der Waals surface area contributed by atoms with Crippen molar-refractivity contribution >= 4 is 23.2 Å². The molecule has 0 saturated carbocycles. The summed E-state index contributed by atoms with van der Waals surface area (Å²) in [5.41, 5.74) is 2.41. The topological polar surface area (TPSA) is 47.3 Å². The quantitative estimate of drug-likeness (QED) is 0.396. The van der Waals surface area contributed by atoms with E-state index in [2.05, 4.69) is 10.2 Å². The van der Waals surface area contributed by atoms with Gasteiger partial charge in [0.25, 0.3) is 0 Å². The summed E-state index contributed by atoms with van der Waals surface area (Å²) in [6.45, 7) is 0. The molecule has 0 unspecified atom stereocenters. The van der Waals surface area contributed by atoms with Crippen LogP contribution in [0.5, 0.6) is 0 Å². The van der Waals surface area contributed by atoms with Crippen LogP contribution < -0.4 is 0 Å². The number of nitrogens with zero attached hydrogens (tertiary/aromatic N) is 3. The van der Waals surface area contributed by atoms with Crippen molar-refractivity contribution in [3.63, 3.8) is 0 Å². The lowest BCUT2D eigenvalue weighted by atomic mass is 10.0. The Hall–Kier alpha value is -2.92. The van der Waals surface area contributed by atoms with Crippen LogP contribution in [0.15, 0.2) is 90.2 Å². The highest BCUT2D eigenvalue weighted by Gasteiger charge is 2.25. The Morgan fingerprint density at radius 3 is 2.28 bits per heavy atom. The zero-order chi connectivity index (χ0) is 17.1. The Morgan fingerprint density at radius 2 is 1.52 bits per heavy atom. The average Bonchev–Trinajstić information content (AvgIpc) is 3.10. The highest BCUT2D eigenvalue weighted by atomic mass is 32.2. The minimum Gasteiger partial charge on any atom is -0.293 e. The molecule has 4 aromatic rings. The molecular weight excluding hydrogens is 330 g/mol. The third kappa shape index (κ3) is 3.19. The summed E-state index contributed by atoms with van der Waals surface area (Å²) in [6.07, 6.45) is 1.91. The second-order valence-electron chi connectivity index (χ2n) is 5.55. The van der Waals surface area contributed by atoms with Gasteiger partial charge in [-0.2, -0.15) is 0 Å². The van der Waals surface area contributed by atoms with Crippen LogP contribution in [0, 0.1) is 0 Å². The molecule has 0 N–H and O–H groups in total. The highest BCUT2D eigenvalue weighted by molar-refractivity contribution is 8.00. The Balaban J connectivity index is 1.74. The minimum atomic E-state index is -0.379. The number of carbonyl (C=O) groups excluding carboxylic acids is 1. The van der Waals surface area contributed by atoms with Gasteiger partial charge in [-0.25, -0.2) is 0 Å². The molecule has 122 valence electrons. The second-order valence-corrected chi connectivity index (χ2v) is 6.62. The Kier molecular flexibility index (Phi) is 4.31. The fourth-order valence-corrected chi connectivity index (χ4v) is 3.76. The molecule has 4 rings (SSSR count). The SMILES string of the molecule is O=C(c1ccccc1)[C@H](Sc1nnc2ccccn12)c1ccccc1. The van der Waals surface area contributed by atoms with Crippen molar-refractivity contribution in [1.82, 2.24) is 14.6 Å². The van der Waals surface area contributed by atoms with Gasteiger partial charge >= 0.3 is 0 Å². The number of benzene rings is 2. The predicted molar refractivity (Wildman–Crippen MR) is 98.8 cm³/mol. The molecule has 0 saturated heterocycles. The molecule has 1 atom stereocenters. The molecule has 2 aromatic heterocycles. The number of carbonyl (C=O) groups is 1. The number of fused-ring (bicyclic) bond motifs is 1. The van der Waals surface area contributed by atoms with E-state index in [1.54, 1.807) is 0 Å². The molecule has 0 amide bonds. The Labute approximate surface area is 149 Å². The van der Waals surface area contributed by atoms with E-state index >= 15 is 0 Å². The molecule has 0 spiro atoms. The number of thioether (sulfide) groups is 1. The van der Waals surface area contributed by atoms with Crippen LogP contribution in [0.1, 0.15) is 21.2 Å². The van der Waals surface area contributed by atoms with E-state index in [4.69, 9.17) is 0 Å². The summed E-state index contributed by atoms with van der Waals surface area (Å²) < 4.78 is 1.90. The molecule has 0 aliphatic rings. The highest BCUT2D eigenvalue weighted by Crippen LogP contribution is 2.36. The smallest absolute Gasteiger partial charge is 0.196 e. The van der Waals surface area contributed by atoms with Gasteiger partial charge in [0.1, 0.15) is 5.25 Å². The van der Waals surface area contributed by atoms with E-state index in [1.165, 1.54) is 11.8 Å². The number of pyridine rings is 1. The van der Waals surface area contributed by atoms with Crippen LogP contribution in [0.25, 0.3) is 5.65 Å². The Bertz CT molecular complexity index is 999. The van der Waals surface area contributed by atoms with Crippen LogP contribution in [0.4, 0.5) is 0 Å². The van der Waals surface area contributed by atoms with Crippen molar-refractivity contribution < 1.29 is 4.79 Å². The largest absolute Gasteiger partial charge is 0.293 e. The zero-order valence-electron chi connectivity index (χ0n) is 13.3. The lowest BCUT2D eigenvalue weighted by Crippen LogP contribution is -2.10. The van der Waals surface area contributed by atoms with E-state index < -0.39 is 0 Å². The van der Waals surface area contributed by atoms with Crippen molar-refractivity contribution in [3.05, 3.63) is 96.2 Å². The molecule has 25 heavy (non-hydrogen) atoms. The van der Waals surface area contributed by atoms with Crippen LogP contribution >= 0.6 is 11.8 Å². The molecule has 4 nitrogen and oxygen atoms in total. The third-order valence-corrected chi connectivity index (χ3v) is 5.12. The van der Waals surface area contributed by atoms with Gasteiger partial charge < -0.3 is 0 Å². The number of ketones is 1. The van der Waals surface area contributed by atoms with Crippen LogP contribution in [0.2, 0.25) is 0 Å². The molecule has 0 radical (unpaired) electrons. The third-order valence-electron chi connectivity index (χ3n) is 3.90. The van der Waals surface area contributed by atoms with Gasteiger partial charge in [0, 0.05) is 11.8 Å². The monoisotopic (exact) mass is 345 g/mol. The maximum Gasteiger partial charge on any atom is 0.196 e. The summed E-state index contributed by atoms with van der Waals surface area (Å²) in [5.74, 6) is 0.0597. The van der Waals surface area contributed by atoms with E-state index in [0.29, 0.717) is 10.7 Å². The van der Waals surface area contributed by atoms with Gasteiger partial charge in [0.05, 0.1) is 0 Å². The average molecular weight is 345 g/mol. The normalized spacial score (nSPS) is 12.2. The first kappa shape index (κ1) is 15.6. The van der Waals surface area contributed by atoms with E-state index in [0.717, 1.165) is 11.2 Å². The van der Waals surface area contributed by atoms with E-state index in [9.17, 15) is 4.79 Å². The first-order valence-corrected chi connectivity index (χ1v) is 8.81. The predicted octanol–water partition coefficient (Wildman–Crippen LogP) is 4.45. The maximum atomic E-state index is 13.1. The van der Waals surface area contributed by atoms with Gasteiger partial charge in [-0.3, -0.25) is 9.20 Å². The summed E-state index contributed by atoms with van der Waals surface area (Å²) >= 11 is 1.42. The fourth-order valence-electron chi connectivity index (χ4n) is 2.66. The van der Waals surface area contributed by atoms with E-state index in [-0.39, 0.29) is 11.0 Å². The molecule has 0 aliphatic carbocycles. The summed E-state index contributed by atoms with van der Waals surface area (Å²) in [6, 6.07) is 24.9. The molecule has 0 fully saturated rings. The zero-order valence-corrected chi connectivity index (χ0v) is 14.1. The molecule has 0 aliphatic heterocycles. The van der Waals surface area contributed by atoms with Gasteiger partial charge in [0.2, 0.25) is 0 Å². The van der Waals surface area contributed by atoms with Gasteiger partial charge in [-0.1, -0.05) is 78.5 Å². The molecule has 5 heteroatoms. The van der Waals surface area contributed by atoms with Gasteiger partial charge in [-0.15, -0.1) is 10.2 Å². The van der Waals surface area contributed by atoms with Crippen molar-refractivity contribution in [1.29, 1.82) is 0 Å². The molecule has 2 aromatic carbocycles. The van der Waals surface area contributed by atoms with Crippen LogP contribution in [-0.2, 0) is 0 Å². The Morgan fingerprint density at radius 1 is 0.840 bits per heavy atom. The first-order valence-electron chi connectivity index (χ1n) is 7.93. The van der Waals surface area contributed by atoms with Crippen LogP contribution in [-0.4, -0.2) is 20.4 Å². The minimum absolute atomic E-state index is 0.0597. The standard InChI is InChI=1S/C20H15N3OS/c24-18(15-9-3-1-4-10-15)19(16-11-5-2-6-12-16)25-20-22-21-17-13-7-8-14-23(17)20/h1-14,19H/t19-/m1/s1. The van der Waals surface area contributed by atoms with Crippen LogP contribution in [0.3, 0.4) is 0 Å². The van der Waals surface area contributed by atoms with Crippen molar-refractivity contribution in [3.8, 4) is 0 Å². The molecule has 2 heterocycles. The number of aromatic nitrogens is 3. The fraction of sp³-hybridized carbons (Fsp3) is 0.0500. The van der Waals surface area contributed by atoms with E-state index in [1.807, 2.05) is 89.5 Å². The number of Topliss-reactive ketones (excluding diaryl/α,β-unsaturated/α-hetero) is 1. The van der Waals surface area contributed by atoms with Gasteiger partial charge in [0.15, 0.2) is 16.6 Å². The maximum absolute atomic E-state index is 13.1. The number of hydrogen-bond donors (Lipinski definition) is 0.